The van der Waals surface area contributed by atoms with Crippen molar-refractivity contribution in [3.05, 3.63) is 47.3 Å². The maximum absolute atomic E-state index is 13.2. The van der Waals surface area contributed by atoms with Gasteiger partial charge in [-0.2, -0.15) is 13.2 Å². The molecule has 32 heavy (non-hydrogen) atoms. The van der Waals surface area contributed by atoms with Crippen LogP contribution >= 0.6 is 0 Å². The summed E-state index contributed by atoms with van der Waals surface area (Å²) in [6, 6.07) is 6.44. The summed E-state index contributed by atoms with van der Waals surface area (Å²) in [7, 11) is 0. The summed E-state index contributed by atoms with van der Waals surface area (Å²) in [6.07, 6.45) is -4.50. The van der Waals surface area contributed by atoms with Crippen LogP contribution in [-0.4, -0.2) is 29.0 Å². The van der Waals surface area contributed by atoms with Crippen molar-refractivity contribution < 1.29 is 22.7 Å². The van der Waals surface area contributed by atoms with Gasteiger partial charge in [0.15, 0.2) is 0 Å². The maximum Gasteiger partial charge on any atom is 0.416 e. The molecular weight excluding hydrogens is 423 g/mol. The summed E-state index contributed by atoms with van der Waals surface area (Å²) in [5.41, 5.74) is 6.49. The number of nitrogens with zero attached hydrogens (tertiary/aromatic N) is 3. The van der Waals surface area contributed by atoms with E-state index in [1.165, 1.54) is 13.0 Å². The number of nitrogen functional groups attached to an aromatic ring is 1. The molecule has 3 aromatic rings. The maximum atomic E-state index is 13.2. The van der Waals surface area contributed by atoms with Gasteiger partial charge in [0.1, 0.15) is 24.0 Å². The first kappa shape index (κ1) is 21.7. The number of benzene rings is 2. The molecule has 0 saturated heterocycles. The number of nitrogens with one attached hydrogen (secondary N) is 1. The Kier molecular flexibility index (Phi) is 5.31. The minimum Gasteiger partial charge on any atom is -0.489 e. The molecule has 1 aromatic heterocycles. The van der Waals surface area contributed by atoms with E-state index < -0.39 is 17.8 Å². The van der Waals surface area contributed by atoms with E-state index in [1.54, 1.807) is 30.9 Å². The summed E-state index contributed by atoms with van der Waals surface area (Å²) in [5.74, 6) is 1.34. The highest BCUT2D eigenvalue weighted by molar-refractivity contribution is 6.00. The number of carbonyl (C=O) groups excluding carboxylic acids is 1. The molecule has 168 valence electrons. The normalized spacial score (nSPS) is 14.6. The molecule has 0 radical (unpaired) electrons. The first-order chi connectivity index (χ1) is 15.0. The number of carbonyl (C=O) groups is 1. The number of halogens is 3. The summed E-state index contributed by atoms with van der Waals surface area (Å²) in [4.78, 5) is 22.6. The van der Waals surface area contributed by atoms with Crippen LogP contribution in [0.2, 0.25) is 0 Å². The van der Waals surface area contributed by atoms with Crippen LogP contribution in [0.25, 0.3) is 10.9 Å². The van der Waals surface area contributed by atoms with E-state index in [9.17, 15) is 18.0 Å². The van der Waals surface area contributed by atoms with Crippen LogP contribution in [0.3, 0.4) is 0 Å². The highest BCUT2D eigenvalue weighted by Crippen LogP contribution is 2.38. The van der Waals surface area contributed by atoms with Gasteiger partial charge in [-0.3, -0.25) is 4.79 Å². The number of ether oxygens (including phenoxy) is 1. The Morgan fingerprint density at radius 1 is 1.22 bits per heavy atom. The van der Waals surface area contributed by atoms with Gasteiger partial charge in [-0.05, 0) is 43.7 Å². The predicted octanol–water partition coefficient (Wildman–Crippen LogP) is 4.46. The molecule has 1 aliphatic heterocycles. The summed E-state index contributed by atoms with van der Waals surface area (Å²) in [6.45, 7) is 5.72. The van der Waals surface area contributed by atoms with Gasteiger partial charge >= 0.3 is 6.18 Å². The molecule has 10 heteroatoms. The van der Waals surface area contributed by atoms with Gasteiger partial charge in [0, 0.05) is 24.1 Å². The Morgan fingerprint density at radius 3 is 2.66 bits per heavy atom. The third-order valence-corrected chi connectivity index (χ3v) is 5.29. The Labute approximate surface area is 182 Å². The number of hydrogen-bond acceptors (Lipinski definition) is 6. The molecule has 0 aliphatic carbocycles. The zero-order chi connectivity index (χ0) is 23.2. The number of nitrogens with two attached hydrogens (primary N) is 1. The second-order valence-corrected chi connectivity index (χ2v) is 7.73. The number of amides is 1. The fourth-order valence-electron chi connectivity index (χ4n) is 3.77. The van der Waals surface area contributed by atoms with E-state index >= 15 is 0 Å². The van der Waals surface area contributed by atoms with Gasteiger partial charge < -0.3 is 20.7 Å². The Bertz CT molecular complexity index is 1210. The van der Waals surface area contributed by atoms with Crippen molar-refractivity contribution in [1.82, 2.24) is 9.97 Å². The molecule has 1 atom stereocenters. The molecule has 0 saturated carbocycles. The van der Waals surface area contributed by atoms with Crippen LogP contribution in [-0.2, 0) is 11.0 Å². The van der Waals surface area contributed by atoms with Crippen LogP contribution in [0.5, 0.6) is 5.75 Å². The molecule has 0 fully saturated rings. The number of fused-ring (bicyclic) bond motifs is 2. The van der Waals surface area contributed by atoms with E-state index in [4.69, 9.17) is 10.5 Å². The van der Waals surface area contributed by atoms with E-state index in [-0.39, 0.29) is 11.6 Å². The number of alkyl halides is 3. The van der Waals surface area contributed by atoms with E-state index in [0.29, 0.717) is 52.7 Å². The minimum atomic E-state index is -4.50. The van der Waals surface area contributed by atoms with Crippen molar-refractivity contribution in [2.45, 2.75) is 33.0 Å². The lowest BCUT2D eigenvalue weighted by atomic mass is 10.0. The third kappa shape index (κ3) is 4.12. The number of rotatable bonds is 3. The molecular formula is C22H22F3N5O2. The smallest absolute Gasteiger partial charge is 0.416 e. The Balaban J connectivity index is 1.77. The van der Waals surface area contributed by atoms with Crippen LogP contribution in [0, 0.1) is 6.92 Å². The number of aromatic nitrogens is 2. The van der Waals surface area contributed by atoms with Crippen molar-refractivity contribution in [2.24, 2.45) is 0 Å². The average molecular weight is 445 g/mol. The van der Waals surface area contributed by atoms with Crippen LogP contribution in [0.4, 0.5) is 30.4 Å². The lowest BCUT2D eigenvalue weighted by molar-refractivity contribution is -0.137. The zero-order valence-corrected chi connectivity index (χ0v) is 17.7. The van der Waals surface area contributed by atoms with Crippen molar-refractivity contribution in [2.75, 3.05) is 29.1 Å². The SMILES string of the molecule is CC(=O)N1CCOc2cc3nc(C)nc(NC(C)c4cc(N)cc(C(F)(F)F)c4)c3cc21. The molecule has 2 heterocycles. The van der Waals surface area contributed by atoms with Gasteiger partial charge in [0.25, 0.3) is 0 Å². The highest BCUT2D eigenvalue weighted by Gasteiger charge is 2.31. The molecule has 0 bridgehead atoms. The van der Waals surface area contributed by atoms with Crippen molar-refractivity contribution in [3.63, 3.8) is 0 Å². The lowest BCUT2D eigenvalue weighted by Crippen LogP contribution is -2.36. The molecule has 1 amide bonds. The number of anilines is 3. The molecule has 7 nitrogen and oxygen atoms in total. The molecule has 4 rings (SSSR count). The van der Waals surface area contributed by atoms with Crippen LogP contribution < -0.4 is 20.7 Å². The molecule has 1 aliphatic rings. The predicted molar refractivity (Wildman–Crippen MR) is 116 cm³/mol. The van der Waals surface area contributed by atoms with Crippen LogP contribution in [0.1, 0.15) is 36.8 Å². The molecule has 1 unspecified atom stereocenters. The van der Waals surface area contributed by atoms with Crippen molar-refractivity contribution in [1.29, 1.82) is 0 Å². The number of hydrogen-bond donors (Lipinski definition) is 2. The van der Waals surface area contributed by atoms with Gasteiger partial charge in [0.2, 0.25) is 5.91 Å². The summed E-state index contributed by atoms with van der Waals surface area (Å²) in [5, 5.41) is 3.80. The zero-order valence-electron chi connectivity index (χ0n) is 17.7. The fourth-order valence-corrected chi connectivity index (χ4v) is 3.77. The fraction of sp³-hybridized carbons (Fsp3) is 0.318. The van der Waals surface area contributed by atoms with Gasteiger partial charge in [-0.1, -0.05) is 0 Å². The van der Waals surface area contributed by atoms with E-state index in [0.717, 1.165) is 12.1 Å². The van der Waals surface area contributed by atoms with Crippen molar-refractivity contribution >= 4 is 34.0 Å². The third-order valence-electron chi connectivity index (χ3n) is 5.29. The van der Waals surface area contributed by atoms with Gasteiger partial charge in [-0.25, -0.2) is 9.97 Å². The first-order valence-electron chi connectivity index (χ1n) is 10.0. The summed E-state index contributed by atoms with van der Waals surface area (Å²) < 4.78 is 45.4. The Morgan fingerprint density at radius 2 is 1.97 bits per heavy atom. The Hall–Kier alpha value is -3.56. The second kappa shape index (κ2) is 7.85. The standard InChI is InChI=1S/C22H22F3N5O2/c1-11(14-6-15(22(23,24)25)8-16(26)7-14)27-21-17-9-19-20(10-18(17)28-12(2)29-21)32-5-4-30(19)13(3)31/h6-11H,4-5,26H2,1-3H3,(H,27,28,29). The lowest BCUT2D eigenvalue weighted by Gasteiger charge is -2.29. The minimum absolute atomic E-state index is 0.0236. The summed E-state index contributed by atoms with van der Waals surface area (Å²) >= 11 is 0. The monoisotopic (exact) mass is 445 g/mol. The second-order valence-electron chi connectivity index (χ2n) is 7.73. The average Bonchev–Trinajstić information content (AvgIpc) is 2.70. The highest BCUT2D eigenvalue weighted by atomic mass is 19.4. The molecule has 2 aromatic carbocycles. The van der Waals surface area contributed by atoms with Crippen molar-refractivity contribution in [3.8, 4) is 5.75 Å². The van der Waals surface area contributed by atoms with E-state index in [2.05, 4.69) is 15.3 Å². The first-order valence-corrected chi connectivity index (χ1v) is 10.0. The van der Waals surface area contributed by atoms with Gasteiger partial charge in [-0.15, -0.1) is 0 Å². The topological polar surface area (TPSA) is 93.4 Å². The quantitative estimate of drug-likeness (QED) is 0.579. The number of aryl methyl sites for hydroxylation is 1. The molecule has 3 N–H and O–H groups in total. The molecule has 0 spiro atoms. The van der Waals surface area contributed by atoms with E-state index in [1.807, 2.05) is 0 Å². The largest absolute Gasteiger partial charge is 0.489 e. The van der Waals surface area contributed by atoms with Crippen LogP contribution in [0.15, 0.2) is 30.3 Å². The van der Waals surface area contributed by atoms with Gasteiger partial charge in [0.05, 0.1) is 29.4 Å².